The molecule has 0 bridgehead atoms. The fraction of sp³-hybridized carbons (Fsp3) is 1.00. The maximum Gasteiger partial charge on any atom is 0.214 e. The van der Waals surface area contributed by atoms with Gasteiger partial charge in [-0.15, -0.1) is 0 Å². The van der Waals surface area contributed by atoms with Crippen LogP contribution in [0.1, 0.15) is 46.5 Å². The third kappa shape index (κ3) is 3.18. The zero-order valence-electron chi connectivity index (χ0n) is 10.5. The lowest BCUT2D eigenvalue weighted by atomic mass is 9.77. The minimum absolute atomic E-state index is 0.392. The van der Waals surface area contributed by atoms with Crippen molar-refractivity contribution in [2.45, 2.75) is 57.2 Å². The van der Waals surface area contributed by atoms with Gasteiger partial charge in [0.05, 0.1) is 5.25 Å². The summed E-state index contributed by atoms with van der Waals surface area (Å²) in [5.41, 5.74) is 5.38. The lowest BCUT2D eigenvalue weighted by molar-refractivity contribution is 0.222. The first-order valence-corrected chi connectivity index (χ1v) is 7.59. The highest BCUT2D eigenvalue weighted by Crippen LogP contribution is 2.32. The molecular formula is C11H24N2O2S. The molecule has 0 aromatic rings. The van der Waals surface area contributed by atoms with Crippen LogP contribution in [-0.4, -0.2) is 25.8 Å². The number of rotatable bonds is 4. The zero-order valence-corrected chi connectivity index (χ0v) is 11.3. The van der Waals surface area contributed by atoms with Gasteiger partial charge in [0.25, 0.3) is 0 Å². The van der Waals surface area contributed by atoms with Crippen molar-refractivity contribution < 1.29 is 8.42 Å². The predicted octanol–water partition coefficient (Wildman–Crippen LogP) is 1.22. The zero-order chi connectivity index (χ0) is 12.4. The van der Waals surface area contributed by atoms with E-state index in [1.807, 2.05) is 0 Å². The lowest BCUT2D eigenvalue weighted by Crippen LogP contribution is -2.57. The van der Waals surface area contributed by atoms with Crippen molar-refractivity contribution >= 4 is 10.0 Å². The molecule has 0 aliphatic heterocycles. The minimum atomic E-state index is -3.22. The molecule has 1 rings (SSSR count). The smallest absolute Gasteiger partial charge is 0.214 e. The fourth-order valence-corrected chi connectivity index (χ4v) is 3.51. The second-order valence-electron chi connectivity index (χ2n) is 5.38. The first-order valence-electron chi connectivity index (χ1n) is 6.04. The molecule has 96 valence electrons. The Morgan fingerprint density at radius 1 is 1.50 bits per heavy atom. The highest BCUT2D eigenvalue weighted by atomic mass is 32.2. The van der Waals surface area contributed by atoms with E-state index < -0.39 is 20.8 Å². The Bertz CT molecular complexity index is 327. The summed E-state index contributed by atoms with van der Waals surface area (Å²) < 4.78 is 26.6. The number of nitrogens with two attached hydrogens (primary N) is 1. The van der Waals surface area contributed by atoms with E-state index in [9.17, 15) is 8.42 Å². The van der Waals surface area contributed by atoms with E-state index in [1.54, 1.807) is 13.8 Å². The summed E-state index contributed by atoms with van der Waals surface area (Å²) in [6, 6.07) is 0. The van der Waals surface area contributed by atoms with E-state index in [4.69, 9.17) is 5.73 Å². The monoisotopic (exact) mass is 248 g/mol. The van der Waals surface area contributed by atoms with Crippen LogP contribution in [-0.2, 0) is 10.0 Å². The average Bonchev–Trinajstić information content (AvgIpc) is 2.16. The Hall–Kier alpha value is -0.130. The molecule has 0 radical (unpaired) electrons. The molecular weight excluding hydrogens is 224 g/mol. The van der Waals surface area contributed by atoms with E-state index >= 15 is 0 Å². The lowest BCUT2D eigenvalue weighted by Gasteiger charge is -2.40. The Kier molecular flexibility index (Phi) is 4.37. The molecule has 1 saturated carbocycles. The molecule has 0 heterocycles. The molecule has 3 N–H and O–H groups in total. The third-order valence-electron chi connectivity index (χ3n) is 3.46. The molecule has 4 nitrogen and oxygen atoms in total. The van der Waals surface area contributed by atoms with Crippen molar-refractivity contribution in [3.63, 3.8) is 0 Å². The number of hydrogen-bond donors (Lipinski definition) is 2. The number of sulfonamides is 1. The molecule has 0 spiro atoms. The van der Waals surface area contributed by atoms with Crippen molar-refractivity contribution in [2.75, 3.05) is 6.54 Å². The summed E-state index contributed by atoms with van der Waals surface area (Å²) in [4.78, 5) is 0. The van der Waals surface area contributed by atoms with E-state index in [0.29, 0.717) is 12.5 Å². The summed E-state index contributed by atoms with van der Waals surface area (Å²) in [6.07, 6.45) is 3.94. The van der Waals surface area contributed by atoms with Crippen LogP contribution in [0.3, 0.4) is 0 Å². The van der Waals surface area contributed by atoms with Crippen molar-refractivity contribution in [1.82, 2.24) is 4.72 Å². The van der Waals surface area contributed by atoms with Crippen LogP contribution in [0.2, 0.25) is 0 Å². The fourth-order valence-electron chi connectivity index (χ4n) is 2.40. The topological polar surface area (TPSA) is 72.2 Å². The Morgan fingerprint density at radius 2 is 2.12 bits per heavy atom. The molecule has 0 aromatic carbocycles. The van der Waals surface area contributed by atoms with Crippen molar-refractivity contribution in [1.29, 1.82) is 0 Å². The van der Waals surface area contributed by atoms with Gasteiger partial charge in [0.1, 0.15) is 0 Å². The maximum atomic E-state index is 11.9. The first kappa shape index (κ1) is 13.9. The van der Waals surface area contributed by atoms with Gasteiger partial charge in [-0.1, -0.05) is 19.8 Å². The predicted molar refractivity (Wildman–Crippen MR) is 66.6 cm³/mol. The Labute approximate surface area is 99.0 Å². The summed E-state index contributed by atoms with van der Waals surface area (Å²) in [5.74, 6) is 0.548. The number of hydrogen-bond acceptors (Lipinski definition) is 3. The summed E-state index contributed by atoms with van der Waals surface area (Å²) in [6.45, 7) is 5.94. The number of nitrogens with one attached hydrogen (secondary N) is 1. The largest absolute Gasteiger partial charge is 0.329 e. The van der Waals surface area contributed by atoms with E-state index in [-0.39, 0.29) is 0 Å². The molecule has 1 aliphatic carbocycles. The minimum Gasteiger partial charge on any atom is -0.329 e. The van der Waals surface area contributed by atoms with Crippen molar-refractivity contribution in [3.8, 4) is 0 Å². The molecule has 0 aromatic heterocycles. The van der Waals surface area contributed by atoms with E-state index in [1.165, 1.54) is 6.42 Å². The molecule has 0 saturated heterocycles. The highest BCUT2D eigenvalue weighted by Gasteiger charge is 2.37. The molecule has 16 heavy (non-hydrogen) atoms. The van der Waals surface area contributed by atoms with Crippen LogP contribution in [0.4, 0.5) is 0 Å². The highest BCUT2D eigenvalue weighted by molar-refractivity contribution is 7.90. The summed E-state index contributed by atoms with van der Waals surface area (Å²) in [5, 5.41) is -0.395. The summed E-state index contributed by atoms with van der Waals surface area (Å²) >= 11 is 0. The molecule has 2 unspecified atom stereocenters. The van der Waals surface area contributed by atoms with Gasteiger partial charge in [0.15, 0.2) is 0 Å². The average molecular weight is 248 g/mol. The maximum absolute atomic E-state index is 11.9. The van der Waals surface area contributed by atoms with E-state index in [2.05, 4.69) is 11.6 Å². The van der Waals surface area contributed by atoms with Crippen LogP contribution in [0.15, 0.2) is 0 Å². The van der Waals surface area contributed by atoms with Gasteiger partial charge in [-0.2, -0.15) is 0 Å². The van der Waals surface area contributed by atoms with Crippen LogP contribution in [0, 0.1) is 5.92 Å². The van der Waals surface area contributed by atoms with Crippen LogP contribution >= 0.6 is 0 Å². The third-order valence-corrected chi connectivity index (χ3v) is 5.42. The second-order valence-corrected chi connectivity index (χ2v) is 7.62. The molecule has 0 amide bonds. The Morgan fingerprint density at radius 3 is 2.56 bits per heavy atom. The van der Waals surface area contributed by atoms with Gasteiger partial charge in [-0.05, 0) is 32.6 Å². The second kappa shape index (κ2) is 5.02. The molecule has 5 heteroatoms. The van der Waals surface area contributed by atoms with Crippen LogP contribution in [0.5, 0.6) is 0 Å². The molecule has 1 aliphatic rings. The quantitative estimate of drug-likeness (QED) is 0.786. The van der Waals surface area contributed by atoms with Gasteiger partial charge < -0.3 is 5.73 Å². The van der Waals surface area contributed by atoms with E-state index in [0.717, 1.165) is 19.3 Å². The summed E-state index contributed by atoms with van der Waals surface area (Å²) in [7, 11) is -3.22. The van der Waals surface area contributed by atoms with Gasteiger partial charge in [-0.3, -0.25) is 0 Å². The van der Waals surface area contributed by atoms with Gasteiger partial charge in [-0.25, -0.2) is 13.1 Å². The SMILES string of the molecule is CC1CCCC(CN)(NS(=O)(=O)C(C)C)C1. The van der Waals surface area contributed by atoms with Gasteiger partial charge in [0, 0.05) is 12.1 Å². The van der Waals surface area contributed by atoms with Crippen molar-refractivity contribution in [3.05, 3.63) is 0 Å². The van der Waals surface area contributed by atoms with Crippen LogP contribution in [0.25, 0.3) is 0 Å². The van der Waals surface area contributed by atoms with Gasteiger partial charge in [0.2, 0.25) is 10.0 Å². The standard InChI is InChI=1S/C11H24N2O2S/c1-9(2)16(14,15)13-11(8-12)6-4-5-10(3)7-11/h9-10,13H,4-8,12H2,1-3H3. The first-order chi connectivity index (χ1) is 7.31. The molecule has 1 fully saturated rings. The normalized spacial score (nSPS) is 31.9. The van der Waals surface area contributed by atoms with Gasteiger partial charge >= 0.3 is 0 Å². The van der Waals surface area contributed by atoms with Crippen LogP contribution < -0.4 is 10.5 Å². The Balaban J connectivity index is 2.82. The van der Waals surface area contributed by atoms with Crippen molar-refractivity contribution in [2.24, 2.45) is 11.7 Å². The molecule has 2 atom stereocenters.